The molecule has 0 spiro atoms. The highest BCUT2D eigenvalue weighted by atomic mass is 16.5. The lowest BCUT2D eigenvalue weighted by Crippen LogP contribution is -2.18. The van der Waals surface area contributed by atoms with Crippen molar-refractivity contribution in [3.8, 4) is 0 Å². The lowest BCUT2D eigenvalue weighted by Gasteiger charge is -2.17. The van der Waals surface area contributed by atoms with E-state index in [4.69, 9.17) is 15.6 Å². The Labute approximate surface area is 144 Å². The molecule has 4 heteroatoms. The highest BCUT2D eigenvalue weighted by molar-refractivity contribution is 5.68. The number of carboxylic acid groups (broad SMARTS) is 1. The van der Waals surface area contributed by atoms with Gasteiger partial charge in [-0.05, 0) is 23.1 Å². The predicted octanol–water partition coefficient (Wildman–Crippen LogP) is 3.87. The van der Waals surface area contributed by atoms with E-state index in [0.29, 0.717) is 5.41 Å². The quantitative estimate of drug-likeness (QED) is 0.873. The summed E-state index contributed by atoms with van der Waals surface area (Å²) >= 11 is 0. The predicted molar refractivity (Wildman–Crippen MR) is 96.8 cm³/mol. The van der Waals surface area contributed by atoms with Crippen molar-refractivity contribution >= 4 is 5.97 Å². The van der Waals surface area contributed by atoms with Gasteiger partial charge in [0.25, 0.3) is 0 Å². The summed E-state index contributed by atoms with van der Waals surface area (Å²) in [6, 6.07) is 19.2. The average molecular weight is 329 g/mol. The van der Waals surface area contributed by atoms with Crippen LogP contribution in [0.4, 0.5) is 0 Å². The van der Waals surface area contributed by atoms with Gasteiger partial charge < -0.3 is 15.6 Å². The normalized spacial score (nSPS) is 10.9. The van der Waals surface area contributed by atoms with E-state index < -0.39 is 5.97 Å². The van der Waals surface area contributed by atoms with Gasteiger partial charge >= 0.3 is 5.97 Å². The van der Waals surface area contributed by atoms with Gasteiger partial charge in [-0.15, -0.1) is 0 Å². The van der Waals surface area contributed by atoms with Crippen LogP contribution < -0.4 is 5.73 Å². The molecule has 0 fully saturated rings. The highest BCUT2D eigenvalue weighted by Gasteiger charge is 2.15. The molecule has 4 nitrogen and oxygen atoms in total. The molecule has 2 aromatic carbocycles. The molecule has 2 rings (SSSR count). The van der Waals surface area contributed by atoms with Crippen molar-refractivity contribution in [1.82, 2.24) is 0 Å². The minimum Gasteiger partial charge on any atom is -0.480 e. The third kappa shape index (κ3) is 7.90. The fourth-order valence-electron chi connectivity index (χ4n) is 1.80. The summed E-state index contributed by atoms with van der Waals surface area (Å²) in [5.74, 6) is -0.966. The first-order valence-electron chi connectivity index (χ1n) is 7.97. The topological polar surface area (TPSA) is 72.6 Å². The first kappa shape index (κ1) is 19.9. The maximum absolute atomic E-state index is 10.6. The molecule has 0 radical (unpaired) electrons. The third-order valence-electron chi connectivity index (χ3n) is 3.19. The zero-order valence-corrected chi connectivity index (χ0v) is 14.6. The van der Waals surface area contributed by atoms with Gasteiger partial charge in [0.2, 0.25) is 0 Å². The zero-order chi connectivity index (χ0) is 18.0. The first-order chi connectivity index (χ1) is 11.3. The van der Waals surface area contributed by atoms with E-state index in [1.807, 2.05) is 60.7 Å². The smallest absolute Gasteiger partial charge is 0.329 e. The van der Waals surface area contributed by atoms with E-state index in [0.717, 1.165) is 17.7 Å². The maximum atomic E-state index is 10.6. The molecule has 0 amide bonds. The molecular weight excluding hydrogens is 302 g/mol. The molecule has 0 heterocycles. The summed E-state index contributed by atoms with van der Waals surface area (Å²) in [5, 5.41) is 8.73. The van der Waals surface area contributed by atoms with Crippen LogP contribution in [0.5, 0.6) is 0 Å². The number of carbonyl (C=O) groups is 1. The van der Waals surface area contributed by atoms with E-state index in [9.17, 15) is 4.79 Å². The van der Waals surface area contributed by atoms with Gasteiger partial charge in [0.1, 0.15) is 12.7 Å². The van der Waals surface area contributed by atoms with Gasteiger partial charge in [-0.2, -0.15) is 0 Å². The second-order valence-corrected chi connectivity index (χ2v) is 6.67. The van der Waals surface area contributed by atoms with E-state index in [2.05, 4.69) is 20.8 Å². The third-order valence-corrected chi connectivity index (χ3v) is 3.19. The van der Waals surface area contributed by atoms with Crippen LogP contribution >= 0.6 is 0 Å². The van der Waals surface area contributed by atoms with Crippen LogP contribution in [0.2, 0.25) is 0 Å². The average Bonchev–Trinajstić information content (AvgIpc) is 2.57. The largest absolute Gasteiger partial charge is 0.480 e. The molecule has 0 aliphatic carbocycles. The van der Waals surface area contributed by atoms with Gasteiger partial charge in [0, 0.05) is 0 Å². The first-order valence-corrected chi connectivity index (χ1v) is 7.97. The zero-order valence-electron chi connectivity index (χ0n) is 14.6. The van der Waals surface area contributed by atoms with E-state index >= 15 is 0 Å². The molecule has 0 bridgehead atoms. The van der Waals surface area contributed by atoms with Crippen molar-refractivity contribution in [2.45, 2.75) is 26.9 Å². The summed E-state index contributed by atoms with van der Waals surface area (Å²) in [6.45, 7) is 6.81. The summed E-state index contributed by atoms with van der Waals surface area (Å²) < 4.78 is 5.48. The van der Waals surface area contributed by atoms with Crippen molar-refractivity contribution in [1.29, 1.82) is 0 Å². The van der Waals surface area contributed by atoms with Crippen LogP contribution in [0.15, 0.2) is 60.7 Å². The van der Waals surface area contributed by atoms with Gasteiger partial charge in [-0.1, -0.05) is 81.4 Å². The molecule has 0 saturated heterocycles. The minimum absolute atomic E-state index is 0.311. The van der Waals surface area contributed by atoms with Crippen molar-refractivity contribution in [2.75, 3.05) is 13.2 Å². The molecule has 0 saturated carbocycles. The summed E-state index contributed by atoms with van der Waals surface area (Å²) in [4.78, 5) is 10.6. The van der Waals surface area contributed by atoms with E-state index in [1.165, 1.54) is 0 Å². The Bertz CT molecular complexity index is 552. The molecule has 130 valence electrons. The molecule has 2 aromatic rings. The Balaban J connectivity index is 0.000000413. The van der Waals surface area contributed by atoms with Crippen molar-refractivity contribution in [3.63, 3.8) is 0 Å². The fourth-order valence-corrected chi connectivity index (χ4v) is 1.80. The number of carboxylic acids is 1. The highest BCUT2D eigenvalue weighted by Crippen LogP contribution is 2.25. The van der Waals surface area contributed by atoms with Gasteiger partial charge in [0.15, 0.2) is 0 Å². The van der Waals surface area contributed by atoms with Crippen LogP contribution in [0.3, 0.4) is 0 Å². The maximum Gasteiger partial charge on any atom is 0.329 e. The van der Waals surface area contributed by atoms with Crippen LogP contribution in [-0.2, 0) is 9.53 Å². The van der Waals surface area contributed by atoms with Crippen LogP contribution in [0.25, 0.3) is 0 Å². The molecule has 0 aliphatic heterocycles. The number of hydrogen-bond donors (Lipinski definition) is 2. The van der Waals surface area contributed by atoms with Gasteiger partial charge in [-0.3, -0.25) is 0 Å². The van der Waals surface area contributed by atoms with Crippen molar-refractivity contribution in [3.05, 3.63) is 71.8 Å². The number of nitrogens with two attached hydrogens (primary N) is 1. The molecule has 3 N–H and O–H groups in total. The summed E-state index contributed by atoms with van der Waals surface area (Å²) in [5.41, 5.74) is 7.52. The Morgan fingerprint density at radius 2 is 1.38 bits per heavy atom. The van der Waals surface area contributed by atoms with Crippen molar-refractivity contribution in [2.24, 2.45) is 11.1 Å². The summed E-state index contributed by atoms with van der Waals surface area (Å²) in [6.07, 6.45) is -0.344. The molecule has 24 heavy (non-hydrogen) atoms. The standard InChI is InChI=1S/C15H14O3.C5H13N/c16-14(17)11-18-15(12-7-3-1-4-8-12)13-9-5-2-6-10-13;1-5(2,3)4-6/h1-10,15H,11H2,(H,16,17);4,6H2,1-3H3. The monoisotopic (exact) mass is 329 g/mol. The Morgan fingerprint density at radius 3 is 1.67 bits per heavy atom. The van der Waals surface area contributed by atoms with Gasteiger partial charge in [0.05, 0.1) is 0 Å². The second-order valence-electron chi connectivity index (χ2n) is 6.67. The lowest BCUT2D eigenvalue weighted by molar-refractivity contribution is -0.143. The number of hydrogen-bond acceptors (Lipinski definition) is 3. The SMILES string of the molecule is CC(C)(C)CN.O=C(O)COC(c1ccccc1)c1ccccc1. The minimum atomic E-state index is -0.966. The number of aliphatic carboxylic acids is 1. The van der Waals surface area contributed by atoms with E-state index in [1.54, 1.807) is 0 Å². The number of rotatable bonds is 5. The van der Waals surface area contributed by atoms with E-state index in [-0.39, 0.29) is 12.7 Å². The van der Waals surface area contributed by atoms with Crippen LogP contribution in [0, 0.1) is 5.41 Å². The summed E-state index contributed by atoms with van der Waals surface area (Å²) in [7, 11) is 0. The van der Waals surface area contributed by atoms with Crippen LogP contribution in [-0.4, -0.2) is 24.2 Å². The van der Waals surface area contributed by atoms with Crippen molar-refractivity contribution < 1.29 is 14.6 Å². The molecular formula is C20H27NO3. The Kier molecular flexibility index (Phi) is 8.16. The fraction of sp³-hybridized carbons (Fsp3) is 0.350. The second kappa shape index (κ2) is 9.85. The van der Waals surface area contributed by atoms with Gasteiger partial charge in [-0.25, -0.2) is 4.79 Å². The number of ether oxygens (including phenoxy) is 1. The molecule has 0 aliphatic rings. The molecule has 0 unspecified atom stereocenters. The molecule has 0 aromatic heterocycles. The molecule has 0 atom stereocenters. The number of benzene rings is 2. The lowest BCUT2D eigenvalue weighted by atomic mass is 9.98. The Morgan fingerprint density at radius 1 is 1.00 bits per heavy atom. The van der Waals surface area contributed by atoms with Crippen LogP contribution in [0.1, 0.15) is 38.0 Å². The Hall–Kier alpha value is -2.17.